The van der Waals surface area contributed by atoms with Gasteiger partial charge < -0.3 is 4.74 Å². The number of carbonyl (C=O) groups excluding carboxylic acids is 2. The van der Waals surface area contributed by atoms with Gasteiger partial charge in [-0.2, -0.15) is 5.10 Å². The molecule has 4 rings (SSSR count). The van der Waals surface area contributed by atoms with Gasteiger partial charge in [-0.15, -0.1) is 10.2 Å². The number of hydrogen-bond acceptors (Lipinski definition) is 7. The van der Waals surface area contributed by atoms with Crippen LogP contribution in [-0.4, -0.2) is 38.6 Å². The van der Waals surface area contributed by atoms with Crippen LogP contribution in [0.1, 0.15) is 86.5 Å². The Morgan fingerprint density at radius 2 is 1.60 bits per heavy atom. The molecule has 0 unspecified atom stereocenters. The summed E-state index contributed by atoms with van der Waals surface area (Å²) in [7, 11) is 0. The predicted molar refractivity (Wildman–Crippen MR) is 182 cm³/mol. The number of benzene rings is 3. The minimum atomic E-state index is -0.498. The molecule has 0 radical (unpaired) electrons. The molecule has 0 saturated heterocycles. The molecular weight excluding hydrogens is 606 g/mol. The molecule has 0 saturated carbocycles. The van der Waals surface area contributed by atoms with E-state index in [0.29, 0.717) is 21.5 Å². The van der Waals surface area contributed by atoms with Gasteiger partial charge in [0.15, 0.2) is 5.16 Å². The Bertz CT molecular complexity index is 1530. The number of nitrogens with zero attached hydrogens (tertiary/aromatic N) is 4. The molecule has 0 atom stereocenters. The number of carbonyl (C=O) groups is 2. The number of unbranched alkanes of at least 4 members (excludes halogenated alkanes) is 8. The van der Waals surface area contributed by atoms with Crippen LogP contribution < -0.4 is 10.2 Å². The summed E-state index contributed by atoms with van der Waals surface area (Å²) in [5.41, 5.74) is 4.65. The Morgan fingerprint density at radius 1 is 0.889 bits per heavy atom. The predicted octanol–water partition coefficient (Wildman–Crippen LogP) is 8.46. The smallest absolute Gasteiger partial charge is 0.343 e. The van der Waals surface area contributed by atoms with Gasteiger partial charge in [0.1, 0.15) is 11.6 Å². The zero-order chi connectivity index (χ0) is 31.7. The van der Waals surface area contributed by atoms with E-state index in [-0.39, 0.29) is 11.7 Å². The standard InChI is InChI=1S/C35H40ClN5O3S/c1-2-3-4-5-6-7-8-9-13-19-32-38-40-35(41(32)30-17-11-10-12-18-30)45-26-33(42)39-37-25-27-20-22-31(23-21-27)44-34(43)28-15-14-16-29(36)24-28/h10-12,14-18,20-25H,2-9,13,19,26H2,1H3,(H,39,42)/b37-25-. The third-order valence-corrected chi connectivity index (χ3v) is 8.27. The lowest BCUT2D eigenvalue weighted by Crippen LogP contribution is -2.20. The van der Waals surface area contributed by atoms with E-state index in [9.17, 15) is 9.59 Å². The molecule has 3 aromatic carbocycles. The van der Waals surface area contributed by atoms with Crippen molar-refractivity contribution in [1.29, 1.82) is 0 Å². The maximum atomic E-state index is 12.6. The number of amides is 1. The molecule has 4 aromatic rings. The highest BCUT2D eigenvalue weighted by Crippen LogP contribution is 2.23. The van der Waals surface area contributed by atoms with Crippen molar-refractivity contribution in [3.05, 3.63) is 101 Å². The highest BCUT2D eigenvalue weighted by Gasteiger charge is 2.16. The average molecular weight is 646 g/mol. The van der Waals surface area contributed by atoms with Crippen molar-refractivity contribution in [2.45, 2.75) is 76.3 Å². The van der Waals surface area contributed by atoms with Crippen LogP contribution in [0.4, 0.5) is 0 Å². The van der Waals surface area contributed by atoms with E-state index >= 15 is 0 Å². The maximum Gasteiger partial charge on any atom is 0.343 e. The molecule has 45 heavy (non-hydrogen) atoms. The van der Waals surface area contributed by atoms with Crippen molar-refractivity contribution in [1.82, 2.24) is 20.2 Å². The average Bonchev–Trinajstić information content (AvgIpc) is 3.46. The summed E-state index contributed by atoms with van der Waals surface area (Å²) >= 11 is 7.28. The first-order valence-corrected chi connectivity index (χ1v) is 16.9. The van der Waals surface area contributed by atoms with Crippen LogP contribution in [0.2, 0.25) is 5.02 Å². The number of aromatic nitrogens is 3. The van der Waals surface area contributed by atoms with Gasteiger partial charge in [0.05, 0.1) is 17.5 Å². The molecular formula is C35H40ClN5O3S. The Kier molecular flexibility index (Phi) is 14.1. The number of hydrazone groups is 1. The largest absolute Gasteiger partial charge is 0.423 e. The van der Waals surface area contributed by atoms with Crippen LogP contribution >= 0.6 is 23.4 Å². The third-order valence-electron chi connectivity index (χ3n) is 7.10. The number of thioether (sulfide) groups is 1. The second-order valence-corrected chi connectivity index (χ2v) is 12.1. The first kappa shape index (κ1) is 33.9. The molecule has 1 heterocycles. The highest BCUT2D eigenvalue weighted by atomic mass is 35.5. The number of aryl methyl sites for hydroxylation is 1. The number of hydrogen-bond donors (Lipinski definition) is 1. The Balaban J connectivity index is 1.24. The van der Waals surface area contributed by atoms with Gasteiger partial charge >= 0.3 is 5.97 Å². The topological polar surface area (TPSA) is 98.5 Å². The summed E-state index contributed by atoms with van der Waals surface area (Å²) in [6.45, 7) is 2.25. The van der Waals surface area contributed by atoms with Gasteiger partial charge in [-0.3, -0.25) is 9.36 Å². The van der Waals surface area contributed by atoms with Gasteiger partial charge in [0, 0.05) is 17.1 Å². The zero-order valence-electron chi connectivity index (χ0n) is 25.7. The second-order valence-electron chi connectivity index (χ2n) is 10.7. The molecule has 0 spiro atoms. The van der Waals surface area contributed by atoms with E-state index in [2.05, 4.69) is 27.6 Å². The molecule has 0 fully saturated rings. The van der Waals surface area contributed by atoms with E-state index in [1.54, 1.807) is 48.5 Å². The molecule has 0 aliphatic rings. The zero-order valence-corrected chi connectivity index (χ0v) is 27.2. The molecule has 1 amide bonds. The van der Waals surface area contributed by atoms with Gasteiger partial charge in [-0.05, 0) is 66.6 Å². The van der Waals surface area contributed by atoms with Crippen LogP contribution in [-0.2, 0) is 11.2 Å². The monoisotopic (exact) mass is 645 g/mol. The Morgan fingerprint density at radius 3 is 2.31 bits per heavy atom. The fraction of sp³-hybridized carbons (Fsp3) is 0.343. The summed E-state index contributed by atoms with van der Waals surface area (Å²) in [4.78, 5) is 24.9. The molecule has 1 N–H and O–H groups in total. The number of para-hydroxylation sites is 1. The van der Waals surface area contributed by atoms with Gasteiger partial charge in [0.2, 0.25) is 0 Å². The van der Waals surface area contributed by atoms with Gasteiger partial charge in [-0.1, -0.05) is 106 Å². The second kappa shape index (κ2) is 18.8. The number of ether oxygens (including phenoxy) is 1. The van der Waals surface area contributed by atoms with E-state index in [1.165, 1.54) is 69.3 Å². The molecule has 0 aliphatic carbocycles. The minimum Gasteiger partial charge on any atom is -0.423 e. The van der Waals surface area contributed by atoms with E-state index in [4.69, 9.17) is 16.3 Å². The lowest BCUT2D eigenvalue weighted by atomic mass is 10.1. The Hall–Kier alpha value is -3.95. The van der Waals surface area contributed by atoms with Gasteiger partial charge in [0.25, 0.3) is 5.91 Å². The van der Waals surface area contributed by atoms with Crippen LogP contribution in [0, 0.1) is 0 Å². The maximum absolute atomic E-state index is 12.6. The summed E-state index contributed by atoms with van der Waals surface area (Å²) in [5, 5.41) is 14.1. The summed E-state index contributed by atoms with van der Waals surface area (Å²) < 4.78 is 7.44. The lowest BCUT2D eigenvalue weighted by molar-refractivity contribution is -0.118. The fourth-order valence-corrected chi connectivity index (χ4v) is 5.68. The van der Waals surface area contributed by atoms with E-state index in [1.807, 2.05) is 34.9 Å². The molecule has 1 aromatic heterocycles. The number of halogens is 1. The van der Waals surface area contributed by atoms with Crippen LogP contribution in [0.15, 0.2) is 89.1 Å². The number of nitrogens with one attached hydrogen (secondary N) is 1. The van der Waals surface area contributed by atoms with Crippen molar-refractivity contribution in [2.75, 3.05) is 5.75 Å². The van der Waals surface area contributed by atoms with Crippen molar-refractivity contribution in [3.63, 3.8) is 0 Å². The van der Waals surface area contributed by atoms with Crippen molar-refractivity contribution >= 4 is 41.5 Å². The first-order valence-electron chi connectivity index (χ1n) is 15.6. The summed E-state index contributed by atoms with van der Waals surface area (Å²) in [6.07, 6.45) is 13.8. The number of rotatable bonds is 18. The minimum absolute atomic E-state index is 0.138. The molecule has 10 heteroatoms. The van der Waals surface area contributed by atoms with Crippen LogP contribution in [0.25, 0.3) is 5.69 Å². The summed E-state index contributed by atoms with van der Waals surface area (Å²) in [6, 6.07) is 23.4. The molecule has 0 aliphatic heterocycles. The van der Waals surface area contributed by atoms with E-state index in [0.717, 1.165) is 29.9 Å². The number of esters is 1. The Labute approximate surface area is 274 Å². The SMILES string of the molecule is CCCCCCCCCCCc1nnc(SCC(=O)N/N=C\c2ccc(OC(=O)c3cccc(Cl)c3)cc2)n1-c1ccccc1. The highest BCUT2D eigenvalue weighted by molar-refractivity contribution is 7.99. The quantitative estimate of drug-likeness (QED) is 0.0291. The normalized spacial score (nSPS) is 11.2. The fourth-order valence-electron chi connectivity index (χ4n) is 4.73. The third kappa shape index (κ3) is 11.5. The molecule has 236 valence electrons. The first-order chi connectivity index (χ1) is 22.0. The van der Waals surface area contributed by atoms with Crippen LogP contribution in [0.3, 0.4) is 0 Å². The lowest BCUT2D eigenvalue weighted by Gasteiger charge is -2.10. The molecule has 0 bridgehead atoms. The van der Waals surface area contributed by atoms with E-state index < -0.39 is 5.97 Å². The van der Waals surface area contributed by atoms with Crippen molar-refractivity contribution in [3.8, 4) is 11.4 Å². The van der Waals surface area contributed by atoms with Gasteiger partial charge in [-0.25, -0.2) is 10.2 Å². The summed E-state index contributed by atoms with van der Waals surface area (Å²) in [5.74, 6) is 0.677. The van der Waals surface area contributed by atoms with Crippen LogP contribution in [0.5, 0.6) is 5.75 Å². The molecule has 8 nitrogen and oxygen atoms in total. The van der Waals surface area contributed by atoms with Crippen molar-refractivity contribution in [2.24, 2.45) is 5.10 Å². The van der Waals surface area contributed by atoms with Crippen molar-refractivity contribution < 1.29 is 14.3 Å².